The first-order valence-electron chi connectivity index (χ1n) is 9.29. The molecule has 0 radical (unpaired) electrons. The summed E-state index contributed by atoms with van der Waals surface area (Å²) in [6.07, 6.45) is 4.73. The third-order valence-corrected chi connectivity index (χ3v) is 5.51. The topological polar surface area (TPSA) is 54.3 Å². The van der Waals surface area contributed by atoms with E-state index in [1.165, 1.54) is 0 Å². The predicted molar refractivity (Wildman–Crippen MR) is 107 cm³/mol. The number of hydrogen-bond acceptors (Lipinski definition) is 4. The number of aryl methyl sites for hydroxylation is 2. The zero-order valence-electron chi connectivity index (χ0n) is 16.3. The van der Waals surface area contributed by atoms with E-state index in [2.05, 4.69) is 17.0 Å². The van der Waals surface area contributed by atoms with Crippen molar-refractivity contribution in [3.05, 3.63) is 47.8 Å². The molecule has 4 rings (SSSR count). The van der Waals surface area contributed by atoms with Gasteiger partial charge in [-0.3, -0.25) is 9.48 Å². The average Bonchev–Trinajstić information content (AvgIpc) is 3.28. The fourth-order valence-electron chi connectivity index (χ4n) is 3.85. The van der Waals surface area contributed by atoms with Gasteiger partial charge < -0.3 is 9.80 Å². The van der Waals surface area contributed by atoms with E-state index in [0.29, 0.717) is 5.56 Å². The molecule has 1 aliphatic heterocycles. The fourth-order valence-corrected chi connectivity index (χ4v) is 3.85. The first-order chi connectivity index (χ1) is 12.9. The van der Waals surface area contributed by atoms with Crippen molar-refractivity contribution >= 4 is 16.8 Å². The highest BCUT2D eigenvalue weighted by Gasteiger charge is 2.28. The smallest absolute Gasteiger partial charge is 0.254 e. The van der Waals surface area contributed by atoms with Crippen LogP contribution >= 0.6 is 0 Å². The summed E-state index contributed by atoms with van der Waals surface area (Å²) in [5.74, 6) is 0.0541. The number of benzene rings is 1. The molecule has 3 heterocycles. The summed E-state index contributed by atoms with van der Waals surface area (Å²) < 4.78 is 1.75. The summed E-state index contributed by atoms with van der Waals surface area (Å²) in [4.78, 5) is 22.4. The molecule has 140 valence electrons. The molecule has 0 spiro atoms. The van der Waals surface area contributed by atoms with Crippen molar-refractivity contribution in [1.82, 2.24) is 24.6 Å². The van der Waals surface area contributed by atoms with Gasteiger partial charge in [-0.25, -0.2) is 4.98 Å². The zero-order chi connectivity index (χ0) is 19.1. The number of fused-ring (bicyclic) bond motifs is 1. The van der Waals surface area contributed by atoms with Crippen molar-refractivity contribution in [3.8, 4) is 11.3 Å². The van der Waals surface area contributed by atoms with Crippen molar-refractivity contribution in [3.63, 3.8) is 0 Å². The lowest BCUT2D eigenvalue weighted by molar-refractivity contribution is 0.0739. The highest BCUT2D eigenvalue weighted by molar-refractivity contribution is 6.07. The number of aromatic nitrogens is 3. The van der Waals surface area contributed by atoms with Crippen molar-refractivity contribution in [2.24, 2.45) is 7.05 Å². The number of nitrogens with zero attached hydrogens (tertiary/aromatic N) is 5. The van der Waals surface area contributed by atoms with Crippen molar-refractivity contribution in [2.45, 2.75) is 19.4 Å². The van der Waals surface area contributed by atoms with Gasteiger partial charge in [0.1, 0.15) is 0 Å². The van der Waals surface area contributed by atoms with Crippen LogP contribution in [0.4, 0.5) is 0 Å². The van der Waals surface area contributed by atoms with Gasteiger partial charge in [-0.2, -0.15) is 5.10 Å². The Morgan fingerprint density at radius 2 is 2.11 bits per heavy atom. The summed E-state index contributed by atoms with van der Waals surface area (Å²) in [5.41, 5.74) is 4.35. The average molecular weight is 363 g/mol. The van der Waals surface area contributed by atoms with Crippen LogP contribution in [0.5, 0.6) is 0 Å². The highest BCUT2D eigenvalue weighted by Crippen LogP contribution is 2.28. The molecule has 1 fully saturated rings. The van der Waals surface area contributed by atoms with Gasteiger partial charge in [-0.15, -0.1) is 0 Å². The molecule has 0 aliphatic carbocycles. The lowest BCUT2D eigenvalue weighted by atomic mass is 10.0. The van der Waals surface area contributed by atoms with Gasteiger partial charge in [0.05, 0.1) is 23.0 Å². The second kappa shape index (κ2) is 6.78. The summed E-state index contributed by atoms with van der Waals surface area (Å²) in [5, 5.41) is 5.16. The van der Waals surface area contributed by atoms with Gasteiger partial charge in [0.15, 0.2) is 0 Å². The third kappa shape index (κ3) is 3.21. The summed E-state index contributed by atoms with van der Waals surface area (Å²) >= 11 is 0. The number of hydrogen-bond donors (Lipinski definition) is 0. The van der Waals surface area contributed by atoms with Crippen LogP contribution < -0.4 is 0 Å². The van der Waals surface area contributed by atoms with Crippen LogP contribution in [0.1, 0.15) is 22.3 Å². The molecule has 3 aromatic rings. The molecule has 2 aromatic heterocycles. The van der Waals surface area contributed by atoms with E-state index in [-0.39, 0.29) is 11.9 Å². The molecular weight excluding hydrogens is 338 g/mol. The lowest BCUT2D eigenvalue weighted by Gasteiger charge is -2.25. The Morgan fingerprint density at radius 1 is 1.30 bits per heavy atom. The minimum atomic E-state index is 0.0541. The summed E-state index contributed by atoms with van der Waals surface area (Å²) in [6, 6.07) is 8.17. The Morgan fingerprint density at radius 3 is 2.78 bits per heavy atom. The molecule has 27 heavy (non-hydrogen) atoms. The molecule has 0 N–H and O–H groups in total. The molecule has 1 aromatic carbocycles. The zero-order valence-corrected chi connectivity index (χ0v) is 16.3. The van der Waals surface area contributed by atoms with E-state index in [9.17, 15) is 4.79 Å². The molecule has 0 unspecified atom stereocenters. The van der Waals surface area contributed by atoms with E-state index >= 15 is 0 Å². The van der Waals surface area contributed by atoms with Crippen molar-refractivity contribution in [1.29, 1.82) is 0 Å². The maximum atomic E-state index is 13.4. The largest absolute Gasteiger partial charge is 0.337 e. The normalized spacial score (nSPS) is 17.6. The van der Waals surface area contributed by atoms with E-state index in [0.717, 1.165) is 47.2 Å². The van der Waals surface area contributed by atoms with Crippen molar-refractivity contribution < 1.29 is 4.79 Å². The molecule has 6 nitrogen and oxygen atoms in total. The Hall–Kier alpha value is -2.73. The third-order valence-electron chi connectivity index (χ3n) is 5.51. The minimum absolute atomic E-state index is 0.0541. The number of rotatable bonds is 3. The van der Waals surface area contributed by atoms with Gasteiger partial charge in [-0.05, 0) is 38.6 Å². The second-order valence-corrected chi connectivity index (χ2v) is 7.55. The highest BCUT2D eigenvalue weighted by atomic mass is 16.2. The van der Waals surface area contributed by atoms with Gasteiger partial charge in [0.25, 0.3) is 5.91 Å². The number of amides is 1. The number of carbonyl (C=O) groups is 1. The number of pyridine rings is 1. The Balaban J connectivity index is 1.83. The Labute approximate surface area is 159 Å². The van der Waals surface area contributed by atoms with E-state index in [1.807, 2.05) is 56.4 Å². The SMILES string of the molecule is Cc1cccc2c(C(=O)N(C)[C@@H]3CCN(C)C3)cc(-c3cnn(C)c3)nc12. The van der Waals surface area contributed by atoms with Crippen LogP contribution in [-0.2, 0) is 7.05 Å². The van der Waals surface area contributed by atoms with Gasteiger partial charge in [-0.1, -0.05) is 18.2 Å². The number of likely N-dealkylation sites (tertiary alicyclic amines) is 1. The Bertz CT molecular complexity index is 1010. The molecule has 1 atom stereocenters. The first-order valence-corrected chi connectivity index (χ1v) is 9.29. The molecule has 0 bridgehead atoms. The van der Waals surface area contributed by atoms with Crippen LogP contribution in [0.25, 0.3) is 22.2 Å². The number of likely N-dealkylation sites (N-methyl/N-ethyl adjacent to an activating group) is 2. The number of carbonyl (C=O) groups excluding carboxylic acids is 1. The van der Waals surface area contributed by atoms with E-state index in [1.54, 1.807) is 10.9 Å². The maximum Gasteiger partial charge on any atom is 0.254 e. The van der Waals surface area contributed by atoms with Crippen LogP contribution in [0, 0.1) is 6.92 Å². The molecule has 1 amide bonds. The van der Waals surface area contributed by atoms with Crippen LogP contribution in [0.15, 0.2) is 36.7 Å². The standard InChI is InChI=1S/C21H25N5O/c1-14-6-5-7-17-18(21(27)26(4)16-8-9-24(2)13-16)10-19(23-20(14)17)15-11-22-25(3)12-15/h5-7,10-12,16H,8-9,13H2,1-4H3/t16-/m1/s1. The van der Waals surface area contributed by atoms with Crippen LogP contribution in [0.2, 0.25) is 0 Å². The van der Waals surface area contributed by atoms with Gasteiger partial charge in [0, 0.05) is 43.8 Å². The van der Waals surface area contributed by atoms with Crippen molar-refractivity contribution in [2.75, 3.05) is 27.2 Å². The lowest BCUT2D eigenvalue weighted by Crippen LogP contribution is -2.38. The summed E-state index contributed by atoms with van der Waals surface area (Å²) in [7, 11) is 5.90. The molecular formula is C21H25N5O. The maximum absolute atomic E-state index is 13.4. The summed E-state index contributed by atoms with van der Waals surface area (Å²) in [6.45, 7) is 3.98. The quantitative estimate of drug-likeness (QED) is 0.718. The minimum Gasteiger partial charge on any atom is -0.337 e. The predicted octanol–water partition coefficient (Wildman–Crippen LogP) is 2.72. The fraction of sp³-hybridized carbons (Fsp3) is 0.381. The molecule has 6 heteroatoms. The van der Waals surface area contributed by atoms with Gasteiger partial charge in [0.2, 0.25) is 0 Å². The first kappa shape index (κ1) is 17.7. The molecule has 1 aliphatic rings. The second-order valence-electron chi connectivity index (χ2n) is 7.55. The monoisotopic (exact) mass is 363 g/mol. The van der Waals surface area contributed by atoms with Crippen LogP contribution in [0.3, 0.4) is 0 Å². The van der Waals surface area contributed by atoms with Gasteiger partial charge >= 0.3 is 0 Å². The van der Waals surface area contributed by atoms with E-state index in [4.69, 9.17) is 4.98 Å². The Kier molecular flexibility index (Phi) is 4.44. The van der Waals surface area contributed by atoms with Crippen LogP contribution in [-0.4, -0.2) is 63.7 Å². The molecule has 1 saturated heterocycles. The van der Waals surface area contributed by atoms with E-state index < -0.39 is 0 Å². The molecule has 0 saturated carbocycles. The number of para-hydroxylation sites is 1.